The molecule has 3 aromatic rings. The monoisotopic (exact) mass is 315 g/mol. The zero-order chi connectivity index (χ0) is 16.6. The lowest BCUT2D eigenvalue weighted by molar-refractivity contribution is 0.362. The SMILES string of the molecule is COc1cc(-c2nc3ccccc3o2)c(F)c(OC)c1C(C)C. The van der Waals surface area contributed by atoms with Crippen LogP contribution in [0.4, 0.5) is 4.39 Å². The largest absolute Gasteiger partial charge is 0.496 e. The molecule has 0 N–H and O–H groups in total. The van der Waals surface area contributed by atoms with Crippen LogP contribution < -0.4 is 9.47 Å². The molecule has 0 saturated carbocycles. The van der Waals surface area contributed by atoms with Crippen LogP contribution in [0.15, 0.2) is 34.7 Å². The number of benzene rings is 2. The number of oxazole rings is 1. The molecule has 0 radical (unpaired) electrons. The first-order valence-electron chi connectivity index (χ1n) is 7.37. The lowest BCUT2D eigenvalue weighted by Crippen LogP contribution is -2.03. The Kier molecular flexibility index (Phi) is 3.94. The van der Waals surface area contributed by atoms with Gasteiger partial charge in [0, 0.05) is 5.56 Å². The summed E-state index contributed by atoms with van der Waals surface area (Å²) in [5, 5.41) is 0. The Hall–Kier alpha value is -2.56. The number of aromatic nitrogens is 1. The summed E-state index contributed by atoms with van der Waals surface area (Å²) in [6.45, 7) is 3.91. The van der Waals surface area contributed by atoms with Crippen LogP contribution >= 0.6 is 0 Å². The van der Waals surface area contributed by atoms with Crippen LogP contribution in [0.2, 0.25) is 0 Å². The Balaban J connectivity index is 2.27. The van der Waals surface area contributed by atoms with Crippen molar-refractivity contribution < 1.29 is 18.3 Å². The molecule has 0 unspecified atom stereocenters. The molecule has 5 heteroatoms. The van der Waals surface area contributed by atoms with Gasteiger partial charge in [-0.1, -0.05) is 26.0 Å². The van der Waals surface area contributed by atoms with Crippen LogP contribution in [-0.2, 0) is 0 Å². The Labute approximate surface area is 133 Å². The molecular weight excluding hydrogens is 297 g/mol. The molecule has 23 heavy (non-hydrogen) atoms. The maximum absolute atomic E-state index is 14.9. The summed E-state index contributed by atoms with van der Waals surface area (Å²) >= 11 is 0. The highest BCUT2D eigenvalue weighted by molar-refractivity contribution is 5.77. The quantitative estimate of drug-likeness (QED) is 0.695. The second-order valence-electron chi connectivity index (χ2n) is 5.53. The molecular formula is C18H18FNO3. The fourth-order valence-corrected chi connectivity index (χ4v) is 2.68. The topological polar surface area (TPSA) is 44.5 Å². The third-order valence-corrected chi connectivity index (χ3v) is 3.75. The minimum Gasteiger partial charge on any atom is -0.496 e. The van der Waals surface area contributed by atoms with Gasteiger partial charge in [-0.3, -0.25) is 0 Å². The van der Waals surface area contributed by atoms with Gasteiger partial charge < -0.3 is 13.9 Å². The molecule has 0 spiro atoms. The van der Waals surface area contributed by atoms with Gasteiger partial charge in [-0.2, -0.15) is 0 Å². The minimum atomic E-state index is -0.497. The second-order valence-corrected chi connectivity index (χ2v) is 5.53. The van der Waals surface area contributed by atoms with Gasteiger partial charge in [-0.25, -0.2) is 9.37 Å². The normalized spacial score (nSPS) is 11.2. The van der Waals surface area contributed by atoms with Crippen molar-refractivity contribution in [1.82, 2.24) is 4.98 Å². The van der Waals surface area contributed by atoms with Crippen molar-refractivity contribution >= 4 is 11.1 Å². The summed E-state index contributed by atoms with van der Waals surface area (Å²) in [7, 11) is 2.99. The summed E-state index contributed by atoms with van der Waals surface area (Å²) in [6, 6.07) is 8.92. The molecule has 0 saturated heterocycles. The van der Waals surface area contributed by atoms with Gasteiger partial charge in [0.25, 0.3) is 0 Å². The van der Waals surface area contributed by atoms with Gasteiger partial charge in [0.05, 0.1) is 19.8 Å². The highest BCUT2D eigenvalue weighted by Gasteiger charge is 2.25. The first-order chi connectivity index (χ1) is 11.1. The van der Waals surface area contributed by atoms with Crippen LogP contribution in [0.1, 0.15) is 25.3 Å². The van der Waals surface area contributed by atoms with Crippen molar-refractivity contribution in [1.29, 1.82) is 0 Å². The number of hydrogen-bond donors (Lipinski definition) is 0. The van der Waals surface area contributed by atoms with Gasteiger partial charge in [-0.15, -0.1) is 0 Å². The number of nitrogens with zero attached hydrogens (tertiary/aromatic N) is 1. The zero-order valence-electron chi connectivity index (χ0n) is 13.5. The maximum Gasteiger partial charge on any atom is 0.230 e. The zero-order valence-corrected chi connectivity index (χ0v) is 13.5. The molecule has 0 aliphatic heterocycles. The van der Waals surface area contributed by atoms with E-state index in [2.05, 4.69) is 4.98 Å². The van der Waals surface area contributed by atoms with E-state index in [1.54, 1.807) is 19.2 Å². The standard InChI is InChI=1S/C18H18FNO3/c1-10(2)15-14(21-3)9-11(16(19)17(15)22-4)18-20-12-7-5-6-8-13(12)23-18/h5-10H,1-4H3. The minimum absolute atomic E-state index is 0.0482. The molecule has 0 atom stereocenters. The van der Waals surface area contributed by atoms with E-state index in [0.29, 0.717) is 22.4 Å². The van der Waals surface area contributed by atoms with Crippen LogP contribution in [0.25, 0.3) is 22.6 Å². The van der Waals surface area contributed by atoms with E-state index in [9.17, 15) is 4.39 Å². The van der Waals surface area contributed by atoms with Crippen molar-refractivity contribution in [3.63, 3.8) is 0 Å². The van der Waals surface area contributed by atoms with E-state index in [1.165, 1.54) is 7.11 Å². The molecule has 1 heterocycles. The molecule has 0 aliphatic carbocycles. The van der Waals surface area contributed by atoms with Crippen LogP contribution in [0.3, 0.4) is 0 Å². The first kappa shape index (κ1) is 15.3. The fourth-order valence-electron chi connectivity index (χ4n) is 2.68. The Morgan fingerprint density at radius 3 is 2.48 bits per heavy atom. The Morgan fingerprint density at radius 2 is 1.87 bits per heavy atom. The number of fused-ring (bicyclic) bond motifs is 1. The molecule has 120 valence electrons. The van der Waals surface area contributed by atoms with Crippen LogP contribution in [0, 0.1) is 5.82 Å². The molecule has 1 aromatic heterocycles. The molecule has 0 aliphatic rings. The third-order valence-electron chi connectivity index (χ3n) is 3.75. The van der Waals surface area contributed by atoms with E-state index in [0.717, 1.165) is 0 Å². The summed E-state index contributed by atoms with van der Waals surface area (Å²) in [4.78, 5) is 4.35. The number of halogens is 1. The van der Waals surface area contributed by atoms with E-state index >= 15 is 0 Å². The van der Waals surface area contributed by atoms with Crippen LogP contribution in [0.5, 0.6) is 11.5 Å². The molecule has 0 fully saturated rings. The van der Waals surface area contributed by atoms with Gasteiger partial charge in [0.15, 0.2) is 17.1 Å². The van der Waals surface area contributed by atoms with Gasteiger partial charge >= 0.3 is 0 Å². The summed E-state index contributed by atoms with van der Waals surface area (Å²) in [6.07, 6.45) is 0. The highest BCUT2D eigenvalue weighted by atomic mass is 19.1. The van der Waals surface area contributed by atoms with Crippen molar-refractivity contribution in [3.05, 3.63) is 41.7 Å². The summed E-state index contributed by atoms with van der Waals surface area (Å²) in [5.41, 5.74) is 2.19. The van der Waals surface area contributed by atoms with Crippen LogP contribution in [-0.4, -0.2) is 19.2 Å². The predicted molar refractivity (Wildman–Crippen MR) is 86.6 cm³/mol. The highest BCUT2D eigenvalue weighted by Crippen LogP contribution is 2.42. The molecule has 3 rings (SSSR count). The predicted octanol–water partition coefficient (Wildman–Crippen LogP) is 4.77. The lowest BCUT2D eigenvalue weighted by Gasteiger charge is -2.18. The van der Waals surface area contributed by atoms with Crippen molar-refractivity contribution in [2.24, 2.45) is 0 Å². The number of rotatable bonds is 4. The first-order valence-corrected chi connectivity index (χ1v) is 7.37. The second kappa shape index (κ2) is 5.91. The van der Waals surface area contributed by atoms with E-state index in [1.807, 2.05) is 32.0 Å². The van der Waals surface area contributed by atoms with E-state index in [4.69, 9.17) is 13.9 Å². The van der Waals surface area contributed by atoms with Gasteiger partial charge in [0.2, 0.25) is 5.89 Å². The summed E-state index contributed by atoms with van der Waals surface area (Å²) in [5.74, 6) is 0.471. The lowest BCUT2D eigenvalue weighted by atomic mass is 9.98. The number of para-hydroxylation sites is 2. The van der Waals surface area contributed by atoms with E-state index < -0.39 is 5.82 Å². The molecule has 0 bridgehead atoms. The maximum atomic E-state index is 14.9. The molecule has 0 amide bonds. The summed E-state index contributed by atoms with van der Waals surface area (Å²) < 4.78 is 31.3. The smallest absolute Gasteiger partial charge is 0.230 e. The Morgan fingerprint density at radius 1 is 1.13 bits per heavy atom. The molecule has 4 nitrogen and oxygen atoms in total. The Bertz CT molecular complexity index is 822. The third kappa shape index (κ3) is 2.52. The number of methoxy groups -OCH3 is 2. The van der Waals surface area contributed by atoms with Gasteiger partial charge in [-0.05, 0) is 24.1 Å². The number of hydrogen-bond acceptors (Lipinski definition) is 4. The van der Waals surface area contributed by atoms with E-state index in [-0.39, 0.29) is 23.1 Å². The van der Waals surface area contributed by atoms with Crippen molar-refractivity contribution in [2.45, 2.75) is 19.8 Å². The average Bonchev–Trinajstić information content (AvgIpc) is 2.97. The fraction of sp³-hybridized carbons (Fsp3) is 0.278. The molecule has 2 aromatic carbocycles. The van der Waals surface area contributed by atoms with Crippen molar-refractivity contribution in [3.8, 4) is 23.0 Å². The number of ether oxygens (including phenoxy) is 2. The average molecular weight is 315 g/mol. The van der Waals surface area contributed by atoms with Crippen molar-refractivity contribution in [2.75, 3.05) is 14.2 Å². The van der Waals surface area contributed by atoms with Gasteiger partial charge in [0.1, 0.15) is 11.3 Å².